The fraction of sp³-hybridized carbons (Fsp3) is 0.684. The maximum atomic E-state index is 12.3. The van der Waals surface area contributed by atoms with Crippen LogP contribution in [0.2, 0.25) is 0 Å². The zero-order chi connectivity index (χ0) is 15.6. The predicted octanol–water partition coefficient (Wildman–Crippen LogP) is 3.11. The monoisotopic (exact) mass is 314 g/mol. The minimum Gasteiger partial charge on any atom is -0.477 e. The van der Waals surface area contributed by atoms with Crippen LogP contribution in [0.3, 0.4) is 0 Å². The van der Waals surface area contributed by atoms with Crippen molar-refractivity contribution in [3.05, 3.63) is 23.9 Å². The summed E-state index contributed by atoms with van der Waals surface area (Å²) in [7, 11) is 0. The third-order valence-electron chi connectivity index (χ3n) is 5.64. The third kappa shape index (κ3) is 3.67. The molecule has 2 saturated carbocycles. The maximum absolute atomic E-state index is 12.3. The number of aromatic nitrogens is 1. The second-order valence-corrected chi connectivity index (χ2v) is 7.56. The smallest absolute Gasteiger partial charge is 0.223 e. The van der Waals surface area contributed by atoms with Crippen LogP contribution in [0, 0.1) is 17.8 Å². The molecule has 1 aromatic rings. The minimum atomic E-state index is 0.106. The van der Waals surface area contributed by atoms with Crippen molar-refractivity contribution in [2.45, 2.75) is 57.4 Å². The Labute approximate surface area is 138 Å². The molecule has 2 aliphatic carbocycles. The number of nitrogens with zero attached hydrogens (tertiary/aromatic N) is 1. The lowest BCUT2D eigenvalue weighted by Crippen LogP contribution is -2.51. The van der Waals surface area contributed by atoms with Gasteiger partial charge in [0.2, 0.25) is 11.8 Å². The fourth-order valence-electron chi connectivity index (χ4n) is 4.02. The molecule has 0 spiro atoms. The molecule has 0 aromatic carbocycles. The Hall–Kier alpha value is -1.58. The number of piperidine rings is 1. The van der Waals surface area contributed by atoms with Gasteiger partial charge in [0, 0.05) is 24.2 Å². The molecule has 3 atom stereocenters. The first-order valence-electron chi connectivity index (χ1n) is 9.16. The van der Waals surface area contributed by atoms with E-state index in [9.17, 15) is 4.79 Å². The lowest BCUT2D eigenvalue weighted by Gasteiger charge is -2.39. The topological polar surface area (TPSA) is 51.2 Å². The number of ether oxygens (including phenoxy) is 1. The van der Waals surface area contributed by atoms with Crippen LogP contribution < -0.4 is 10.1 Å². The summed E-state index contributed by atoms with van der Waals surface area (Å²) in [5.74, 6) is 2.48. The minimum absolute atomic E-state index is 0.106. The molecule has 3 fully saturated rings. The highest BCUT2D eigenvalue weighted by Crippen LogP contribution is 2.34. The quantitative estimate of drug-likeness (QED) is 0.908. The summed E-state index contributed by atoms with van der Waals surface area (Å²) in [5.41, 5.74) is 1.14. The Morgan fingerprint density at radius 3 is 2.83 bits per heavy atom. The summed E-state index contributed by atoms with van der Waals surface area (Å²) < 4.78 is 5.68. The van der Waals surface area contributed by atoms with Crippen LogP contribution >= 0.6 is 0 Å². The Bertz CT molecular complexity index is 553. The molecular formula is C19H26N2O2. The molecular weight excluding hydrogens is 288 g/mol. The van der Waals surface area contributed by atoms with E-state index in [4.69, 9.17) is 4.74 Å². The zero-order valence-corrected chi connectivity index (χ0v) is 13.7. The standard InChI is InChI=1S/C19H26N2O2/c22-19-16(10-15-3-1-2-4-17(15)21-19)9-14-7-8-18(20-11-14)23-12-13-5-6-13/h7-8,11,13,15-17H,1-6,9-10,12H2,(H,21,22). The highest BCUT2D eigenvalue weighted by molar-refractivity contribution is 5.80. The highest BCUT2D eigenvalue weighted by atomic mass is 16.5. The maximum Gasteiger partial charge on any atom is 0.223 e. The first-order chi connectivity index (χ1) is 11.3. The lowest BCUT2D eigenvalue weighted by molar-refractivity contribution is -0.129. The first-order valence-corrected chi connectivity index (χ1v) is 9.16. The zero-order valence-electron chi connectivity index (χ0n) is 13.7. The molecule has 0 radical (unpaired) electrons. The van der Waals surface area contributed by atoms with E-state index >= 15 is 0 Å². The highest BCUT2D eigenvalue weighted by Gasteiger charge is 2.36. The van der Waals surface area contributed by atoms with Crippen LogP contribution in [0.5, 0.6) is 5.88 Å². The first kappa shape index (κ1) is 15.0. The summed E-state index contributed by atoms with van der Waals surface area (Å²) in [4.78, 5) is 16.7. The Morgan fingerprint density at radius 1 is 1.17 bits per heavy atom. The molecule has 4 rings (SSSR count). The molecule has 124 valence electrons. The van der Waals surface area contributed by atoms with Gasteiger partial charge in [-0.3, -0.25) is 4.79 Å². The van der Waals surface area contributed by atoms with Gasteiger partial charge in [-0.05, 0) is 55.9 Å². The SMILES string of the molecule is O=C1NC2CCCCC2CC1Cc1ccc(OCC2CC2)nc1. The molecule has 1 amide bonds. The van der Waals surface area contributed by atoms with Gasteiger partial charge >= 0.3 is 0 Å². The number of amides is 1. The molecule has 3 unspecified atom stereocenters. The Balaban J connectivity index is 1.34. The van der Waals surface area contributed by atoms with Gasteiger partial charge in [-0.1, -0.05) is 18.9 Å². The van der Waals surface area contributed by atoms with Crippen molar-refractivity contribution in [3.8, 4) is 5.88 Å². The van der Waals surface area contributed by atoms with Gasteiger partial charge in [-0.2, -0.15) is 0 Å². The van der Waals surface area contributed by atoms with Gasteiger partial charge in [-0.15, -0.1) is 0 Å². The van der Waals surface area contributed by atoms with Crippen LogP contribution in [0.1, 0.15) is 50.5 Å². The van der Waals surface area contributed by atoms with Crippen molar-refractivity contribution >= 4 is 5.91 Å². The van der Waals surface area contributed by atoms with Crippen LogP contribution in [0.15, 0.2) is 18.3 Å². The van der Waals surface area contributed by atoms with Gasteiger partial charge in [0.25, 0.3) is 0 Å². The number of pyridine rings is 1. The second-order valence-electron chi connectivity index (χ2n) is 7.56. The van der Waals surface area contributed by atoms with Crippen LogP contribution in [-0.2, 0) is 11.2 Å². The molecule has 0 bridgehead atoms. The molecule has 1 saturated heterocycles. The Kier molecular flexibility index (Phi) is 4.23. The van der Waals surface area contributed by atoms with Gasteiger partial charge in [-0.25, -0.2) is 4.98 Å². The van der Waals surface area contributed by atoms with Crippen molar-refractivity contribution in [1.29, 1.82) is 0 Å². The average Bonchev–Trinajstić information content (AvgIpc) is 3.39. The predicted molar refractivity (Wildman–Crippen MR) is 88.2 cm³/mol. The van der Waals surface area contributed by atoms with Gasteiger partial charge < -0.3 is 10.1 Å². The number of rotatable bonds is 5. The molecule has 3 aliphatic rings. The molecule has 23 heavy (non-hydrogen) atoms. The van der Waals surface area contributed by atoms with E-state index in [1.54, 1.807) is 0 Å². The number of fused-ring (bicyclic) bond motifs is 1. The number of hydrogen-bond donors (Lipinski definition) is 1. The van der Waals surface area contributed by atoms with E-state index in [2.05, 4.69) is 16.4 Å². The summed E-state index contributed by atoms with van der Waals surface area (Å²) in [6.45, 7) is 0.792. The second kappa shape index (κ2) is 6.50. The van der Waals surface area contributed by atoms with Crippen molar-refractivity contribution < 1.29 is 9.53 Å². The molecule has 4 heteroatoms. The number of nitrogens with one attached hydrogen (secondary N) is 1. The van der Waals surface area contributed by atoms with Crippen molar-refractivity contribution in [1.82, 2.24) is 10.3 Å². The van der Waals surface area contributed by atoms with Crippen molar-refractivity contribution in [3.63, 3.8) is 0 Å². The molecule has 1 aliphatic heterocycles. The lowest BCUT2D eigenvalue weighted by atomic mass is 9.74. The van der Waals surface area contributed by atoms with Crippen LogP contribution in [0.25, 0.3) is 0 Å². The fourth-order valence-corrected chi connectivity index (χ4v) is 4.02. The third-order valence-corrected chi connectivity index (χ3v) is 5.64. The van der Waals surface area contributed by atoms with E-state index in [0.29, 0.717) is 17.8 Å². The van der Waals surface area contributed by atoms with Crippen molar-refractivity contribution in [2.24, 2.45) is 17.8 Å². The van der Waals surface area contributed by atoms with E-state index in [0.717, 1.165) is 37.4 Å². The largest absolute Gasteiger partial charge is 0.477 e. The van der Waals surface area contributed by atoms with E-state index in [1.807, 2.05) is 12.3 Å². The van der Waals surface area contributed by atoms with E-state index in [1.165, 1.54) is 32.1 Å². The number of carbonyl (C=O) groups excluding carboxylic acids is 1. The number of carbonyl (C=O) groups is 1. The van der Waals surface area contributed by atoms with Gasteiger partial charge in [0.05, 0.1) is 6.61 Å². The van der Waals surface area contributed by atoms with E-state index < -0.39 is 0 Å². The van der Waals surface area contributed by atoms with Gasteiger partial charge in [0.1, 0.15) is 0 Å². The summed E-state index contributed by atoms with van der Waals surface area (Å²) in [5, 5.41) is 3.26. The molecule has 4 nitrogen and oxygen atoms in total. The van der Waals surface area contributed by atoms with Crippen molar-refractivity contribution in [2.75, 3.05) is 6.61 Å². The Morgan fingerprint density at radius 2 is 2.04 bits per heavy atom. The summed E-state index contributed by atoms with van der Waals surface area (Å²) in [6, 6.07) is 4.45. The van der Waals surface area contributed by atoms with Crippen LogP contribution in [0.4, 0.5) is 0 Å². The molecule has 1 aromatic heterocycles. The summed E-state index contributed by atoms with van der Waals surface area (Å²) in [6.07, 6.45) is 11.3. The number of hydrogen-bond acceptors (Lipinski definition) is 3. The van der Waals surface area contributed by atoms with E-state index in [-0.39, 0.29) is 11.8 Å². The van der Waals surface area contributed by atoms with Crippen LogP contribution in [-0.4, -0.2) is 23.5 Å². The van der Waals surface area contributed by atoms with Gasteiger partial charge in [0.15, 0.2) is 0 Å². The normalized spacial score (nSPS) is 30.4. The summed E-state index contributed by atoms with van der Waals surface area (Å²) >= 11 is 0. The molecule has 1 N–H and O–H groups in total. The average molecular weight is 314 g/mol. The molecule has 2 heterocycles.